The average Bonchev–Trinajstić information content (AvgIpc) is 3.09. The van der Waals surface area contributed by atoms with Crippen molar-refractivity contribution in [3.8, 4) is 5.75 Å². The number of nitro groups is 2. The fourth-order valence-electron chi connectivity index (χ4n) is 6.15. The molecule has 2 heterocycles. The summed E-state index contributed by atoms with van der Waals surface area (Å²) in [5.41, 5.74) is -0.275. The van der Waals surface area contributed by atoms with Crippen LogP contribution in [0.2, 0.25) is 0 Å². The van der Waals surface area contributed by atoms with E-state index in [4.69, 9.17) is 9.47 Å². The molecular weight excluding hydrogens is 679 g/mol. The van der Waals surface area contributed by atoms with E-state index < -0.39 is 45.5 Å². The van der Waals surface area contributed by atoms with Crippen molar-refractivity contribution in [2.24, 2.45) is 0 Å². The molecule has 0 atom stereocenters. The summed E-state index contributed by atoms with van der Waals surface area (Å²) in [5, 5.41) is 23.4. The van der Waals surface area contributed by atoms with E-state index in [1.165, 1.54) is 30.0 Å². The van der Waals surface area contributed by atoms with Gasteiger partial charge in [0.15, 0.2) is 6.61 Å². The maximum absolute atomic E-state index is 13.5. The SMILES string of the molecule is O=C(COc1c([N+](=O)[O-])cc([N+](=O)[O-])c2ccccc12)OCCN1CCN(CCCN2c3ccccc3Sc3ccc(C(F)(F)F)cc32)CC1. The van der Waals surface area contributed by atoms with E-state index in [1.807, 2.05) is 29.2 Å². The van der Waals surface area contributed by atoms with E-state index in [0.29, 0.717) is 18.8 Å². The summed E-state index contributed by atoms with van der Waals surface area (Å²) in [6.07, 6.45) is -3.68. The molecule has 1 saturated heterocycles. The Labute approximate surface area is 288 Å². The predicted octanol–water partition coefficient (Wildman–Crippen LogP) is 6.91. The lowest BCUT2D eigenvalue weighted by molar-refractivity contribution is -0.393. The number of piperazine rings is 1. The number of ether oxygens (including phenoxy) is 2. The van der Waals surface area contributed by atoms with Crippen LogP contribution in [0.15, 0.2) is 82.6 Å². The van der Waals surface area contributed by atoms with Crippen LogP contribution in [0.5, 0.6) is 5.75 Å². The zero-order chi connectivity index (χ0) is 35.4. The van der Waals surface area contributed by atoms with Gasteiger partial charge in [0.25, 0.3) is 5.69 Å². The molecule has 6 rings (SSSR count). The van der Waals surface area contributed by atoms with Gasteiger partial charge in [-0.25, -0.2) is 4.79 Å². The van der Waals surface area contributed by atoms with Crippen LogP contribution >= 0.6 is 11.8 Å². The summed E-state index contributed by atoms with van der Waals surface area (Å²) in [6, 6.07) is 18.5. The van der Waals surface area contributed by atoms with Gasteiger partial charge in [0.2, 0.25) is 5.75 Å². The number of esters is 1. The molecule has 0 unspecified atom stereocenters. The van der Waals surface area contributed by atoms with Gasteiger partial charge in [-0.1, -0.05) is 42.1 Å². The number of hydrogen-bond donors (Lipinski definition) is 0. The van der Waals surface area contributed by atoms with Crippen LogP contribution in [0.1, 0.15) is 12.0 Å². The third kappa shape index (κ3) is 7.77. The van der Waals surface area contributed by atoms with Gasteiger partial charge in [-0.2, -0.15) is 13.2 Å². The second kappa shape index (κ2) is 14.9. The fraction of sp³-hybridized carbons (Fsp3) is 0.324. The van der Waals surface area contributed by atoms with Crippen molar-refractivity contribution in [1.29, 1.82) is 0 Å². The van der Waals surface area contributed by atoms with Crippen molar-refractivity contribution in [1.82, 2.24) is 9.80 Å². The van der Waals surface area contributed by atoms with Gasteiger partial charge in [-0.05, 0) is 49.4 Å². The maximum atomic E-state index is 13.5. The minimum Gasteiger partial charge on any atom is -0.474 e. The summed E-state index contributed by atoms with van der Waals surface area (Å²) in [7, 11) is 0. The second-order valence-electron chi connectivity index (χ2n) is 11.8. The topological polar surface area (TPSA) is 132 Å². The Balaban J connectivity index is 0.963. The number of hydrogen-bond acceptors (Lipinski definition) is 11. The summed E-state index contributed by atoms with van der Waals surface area (Å²) in [4.78, 5) is 42.3. The van der Waals surface area contributed by atoms with Crippen LogP contribution in [-0.4, -0.2) is 84.6 Å². The molecule has 2 aliphatic heterocycles. The number of carbonyl (C=O) groups excluding carboxylic acids is 1. The highest BCUT2D eigenvalue weighted by Gasteiger charge is 2.33. The van der Waals surface area contributed by atoms with Crippen molar-refractivity contribution in [3.05, 3.63) is 98.6 Å². The number of carbonyl (C=O) groups is 1. The van der Waals surface area contributed by atoms with Gasteiger partial charge in [0.05, 0.1) is 38.2 Å². The number of fused-ring (bicyclic) bond motifs is 3. The highest BCUT2D eigenvalue weighted by molar-refractivity contribution is 7.99. The highest BCUT2D eigenvalue weighted by Crippen LogP contribution is 2.49. The number of para-hydroxylation sites is 1. The molecule has 0 saturated carbocycles. The lowest BCUT2D eigenvalue weighted by Gasteiger charge is -2.36. The molecule has 0 radical (unpaired) electrons. The zero-order valence-corrected chi connectivity index (χ0v) is 27.5. The first-order valence-corrected chi connectivity index (χ1v) is 16.6. The van der Waals surface area contributed by atoms with E-state index in [1.54, 1.807) is 18.2 Å². The Morgan fingerprint density at radius 3 is 2.12 bits per heavy atom. The van der Waals surface area contributed by atoms with E-state index in [-0.39, 0.29) is 23.1 Å². The van der Waals surface area contributed by atoms with Crippen LogP contribution in [0.25, 0.3) is 10.8 Å². The lowest BCUT2D eigenvalue weighted by Crippen LogP contribution is -2.47. The quantitative estimate of drug-likeness (QED) is 0.0863. The van der Waals surface area contributed by atoms with Crippen molar-refractivity contribution in [2.75, 3.05) is 63.9 Å². The van der Waals surface area contributed by atoms with Crippen LogP contribution in [0, 0.1) is 20.2 Å². The summed E-state index contributed by atoms with van der Waals surface area (Å²) >= 11 is 1.47. The number of halogens is 3. The number of benzene rings is 4. The Hall–Kier alpha value is -4.93. The molecule has 16 heteroatoms. The molecule has 0 spiro atoms. The molecule has 2 aliphatic rings. The Kier molecular flexibility index (Phi) is 10.4. The fourth-order valence-corrected chi connectivity index (χ4v) is 7.23. The number of alkyl halides is 3. The molecule has 0 N–H and O–H groups in total. The normalized spacial score (nSPS) is 15.0. The van der Waals surface area contributed by atoms with E-state index in [9.17, 15) is 38.2 Å². The van der Waals surface area contributed by atoms with Gasteiger partial charge in [-0.15, -0.1) is 0 Å². The van der Waals surface area contributed by atoms with Crippen molar-refractivity contribution in [3.63, 3.8) is 0 Å². The summed E-state index contributed by atoms with van der Waals surface area (Å²) in [5.74, 6) is -0.982. The monoisotopic (exact) mass is 711 g/mol. The number of non-ortho nitro benzene ring substituents is 1. The Morgan fingerprint density at radius 2 is 1.42 bits per heavy atom. The van der Waals surface area contributed by atoms with Crippen LogP contribution < -0.4 is 9.64 Å². The van der Waals surface area contributed by atoms with Crippen molar-refractivity contribution in [2.45, 2.75) is 22.4 Å². The first-order valence-electron chi connectivity index (χ1n) is 15.8. The first kappa shape index (κ1) is 34.9. The molecule has 12 nitrogen and oxygen atoms in total. The van der Waals surface area contributed by atoms with E-state index in [2.05, 4.69) is 9.80 Å². The van der Waals surface area contributed by atoms with Gasteiger partial charge in [-0.3, -0.25) is 25.1 Å². The maximum Gasteiger partial charge on any atom is 0.416 e. The highest BCUT2D eigenvalue weighted by atomic mass is 32.2. The zero-order valence-electron chi connectivity index (χ0n) is 26.6. The largest absolute Gasteiger partial charge is 0.474 e. The standard InChI is InChI=1S/C34H32F3N5O7S/c35-34(36,37)23-10-11-31-28(20-23)40(26-8-3-4-9-30(26)50-31)13-5-12-38-14-16-39(17-15-38)18-19-48-32(43)22-49-33-25-7-2-1-6-24(25)27(41(44)45)21-29(33)42(46)47/h1-4,6-11,20-21H,5,12-19,22H2. The van der Waals surface area contributed by atoms with Gasteiger partial charge in [0.1, 0.15) is 6.61 Å². The molecular formula is C34H32F3N5O7S. The molecule has 262 valence electrons. The molecule has 1 fully saturated rings. The smallest absolute Gasteiger partial charge is 0.416 e. The van der Waals surface area contributed by atoms with Crippen LogP contribution in [0.4, 0.5) is 35.9 Å². The molecule has 0 aromatic heterocycles. The molecule has 4 aromatic rings. The molecule has 50 heavy (non-hydrogen) atoms. The molecule has 4 aromatic carbocycles. The minimum absolute atomic E-state index is 0.0804. The van der Waals surface area contributed by atoms with Gasteiger partial charge < -0.3 is 19.3 Å². The molecule has 0 aliphatic carbocycles. The van der Waals surface area contributed by atoms with Crippen molar-refractivity contribution < 1.29 is 37.3 Å². The lowest BCUT2D eigenvalue weighted by atomic mass is 10.1. The second-order valence-corrected chi connectivity index (χ2v) is 12.8. The third-order valence-corrected chi connectivity index (χ3v) is 9.76. The van der Waals surface area contributed by atoms with Gasteiger partial charge in [0, 0.05) is 54.4 Å². The molecule has 0 amide bonds. The third-order valence-electron chi connectivity index (χ3n) is 8.63. The van der Waals surface area contributed by atoms with Crippen LogP contribution in [0.3, 0.4) is 0 Å². The predicted molar refractivity (Wildman–Crippen MR) is 180 cm³/mol. The number of rotatable bonds is 12. The Morgan fingerprint density at radius 1 is 0.780 bits per heavy atom. The van der Waals surface area contributed by atoms with Gasteiger partial charge >= 0.3 is 17.8 Å². The van der Waals surface area contributed by atoms with E-state index in [0.717, 1.165) is 66.8 Å². The number of nitrogens with zero attached hydrogens (tertiary/aromatic N) is 5. The summed E-state index contributed by atoms with van der Waals surface area (Å²) < 4.78 is 51.4. The van der Waals surface area contributed by atoms with Crippen molar-refractivity contribution >= 4 is 51.3 Å². The van der Waals surface area contributed by atoms with Crippen LogP contribution in [-0.2, 0) is 15.7 Å². The summed E-state index contributed by atoms with van der Waals surface area (Å²) in [6.45, 7) is 4.28. The number of nitro benzene ring substituents is 2. The average molecular weight is 712 g/mol. The minimum atomic E-state index is -4.43. The molecule has 0 bridgehead atoms. The van der Waals surface area contributed by atoms with E-state index >= 15 is 0 Å². The first-order chi connectivity index (χ1) is 24.0. The Bertz CT molecular complexity index is 1920. The number of anilines is 2.